The number of rotatable bonds is 11. The lowest BCUT2D eigenvalue weighted by atomic mass is 10.1. The number of anilines is 1. The third-order valence-electron chi connectivity index (χ3n) is 7.42. The van der Waals surface area contributed by atoms with Gasteiger partial charge in [0, 0.05) is 73.3 Å². The highest BCUT2D eigenvalue weighted by Crippen LogP contribution is 2.37. The lowest BCUT2D eigenvalue weighted by Gasteiger charge is -2.36. The Morgan fingerprint density at radius 3 is 2.48 bits per heavy atom. The van der Waals surface area contributed by atoms with Crippen LogP contribution in [0.1, 0.15) is 42.4 Å². The van der Waals surface area contributed by atoms with Crippen LogP contribution in [0.15, 0.2) is 60.8 Å². The van der Waals surface area contributed by atoms with E-state index in [0.29, 0.717) is 65.1 Å². The van der Waals surface area contributed by atoms with Gasteiger partial charge in [0.25, 0.3) is 5.91 Å². The average Bonchev–Trinajstić information content (AvgIpc) is 3.30. The van der Waals surface area contributed by atoms with Crippen LogP contribution >= 0.6 is 0 Å². The molecular formula is C33H40N6O5. The summed E-state index contributed by atoms with van der Waals surface area (Å²) >= 11 is 0. The lowest BCUT2D eigenvalue weighted by Crippen LogP contribution is -2.53. The van der Waals surface area contributed by atoms with Crippen molar-refractivity contribution in [2.75, 3.05) is 38.2 Å². The maximum Gasteiger partial charge on any atom is 0.323 e. The molecule has 0 saturated carbocycles. The summed E-state index contributed by atoms with van der Waals surface area (Å²) in [6.07, 6.45) is 1.56. The van der Waals surface area contributed by atoms with Gasteiger partial charge in [-0.3, -0.25) is 14.3 Å². The second-order valence-electron chi connectivity index (χ2n) is 11.2. The molecule has 2 atom stereocenters. The molecule has 2 amide bonds. The number of nitrogens with two attached hydrogens (primary N) is 1. The summed E-state index contributed by atoms with van der Waals surface area (Å²) in [6, 6.07) is 16.7. The molecule has 1 aliphatic heterocycles. The first-order chi connectivity index (χ1) is 21.2. The van der Waals surface area contributed by atoms with Gasteiger partial charge in [-0.2, -0.15) is 0 Å². The normalized spacial score (nSPS) is 17.0. The van der Waals surface area contributed by atoms with Gasteiger partial charge in [0.2, 0.25) is 0 Å². The van der Waals surface area contributed by atoms with Crippen molar-refractivity contribution in [2.45, 2.75) is 46.3 Å². The van der Waals surface area contributed by atoms with Crippen LogP contribution in [-0.4, -0.2) is 71.4 Å². The summed E-state index contributed by atoms with van der Waals surface area (Å²) in [5.74, 6) is 1.38. The van der Waals surface area contributed by atoms with Crippen LogP contribution in [0.5, 0.6) is 17.2 Å². The standard InChI is InChI=1S/C33H40N6O5/c1-5-42-12-13-43-29-17-28-26(14-23(4)39(28)33(34)41)15-30(29)44-27-10-11-35-31(16-27)37-32(40)25-8-6-24(7-9-25)20-38-18-21(2)36-22(3)19-38/h6-11,14-17,21-22,36H,5,12-13,18-20H2,1-4H3,(H2,34,41)(H,35,37,40)/t21-,22+. The van der Waals surface area contributed by atoms with Crippen LogP contribution < -0.4 is 25.8 Å². The first-order valence-corrected chi connectivity index (χ1v) is 14.9. The maximum atomic E-state index is 13.0. The number of carbonyl (C=O) groups is 2. The molecular weight excluding hydrogens is 560 g/mol. The topological polar surface area (TPSA) is 133 Å². The van der Waals surface area contributed by atoms with E-state index in [0.717, 1.165) is 30.6 Å². The third-order valence-corrected chi connectivity index (χ3v) is 7.42. The number of hydrogen-bond acceptors (Lipinski definition) is 8. The molecule has 44 heavy (non-hydrogen) atoms. The van der Waals surface area contributed by atoms with Crippen LogP contribution in [0.4, 0.5) is 10.6 Å². The van der Waals surface area contributed by atoms with Crippen molar-refractivity contribution >= 4 is 28.7 Å². The highest BCUT2D eigenvalue weighted by molar-refractivity contribution is 6.03. The number of hydrogen-bond donors (Lipinski definition) is 3. The molecule has 0 spiro atoms. The number of ether oxygens (including phenoxy) is 3. The van der Waals surface area contributed by atoms with Gasteiger partial charge in [-0.15, -0.1) is 0 Å². The zero-order chi connectivity index (χ0) is 31.2. The Hall–Kier alpha value is -4.45. The van der Waals surface area contributed by atoms with Crippen LogP contribution in [-0.2, 0) is 11.3 Å². The summed E-state index contributed by atoms with van der Waals surface area (Å²) in [4.78, 5) is 31.9. The SMILES string of the molecule is CCOCCOc1cc2c(cc1Oc1ccnc(NC(=O)c3ccc(CN4C[C@@H](C)N[C@@H](C)C4)cc3)c1)cc(C)n2C(N)=O. The van der Waals surface area contributed by atoms with Gasteiger partial charge in [0.05, 0.1) is 12.1 Å². The third kappa shape index (κ3) is 7.54. The van der Waals surface area contributed by atoms with Crippen molar-refractivity contribution in [3.8, 4) is 17.2 Å². The lowest BCUT2D eigenvalue weighted by molar-refractivity contribution is 0.102. The second-order valence-corrected chi connectivity index (χ2v) is 11.2. The number of nitrogens with one attached hydrogen (secondary N) is 2. The number of piperazine rings is 1. The van der Waals surface area contributed by atoms with E-state index in [-0.39, 0.29) is 12.5 Å². The molecule has 0 unspecified atom stereocenters. The smallest absolute Gasteiger partial charge is 0.323 e. The van der Waals surface area contributed by atoms with Gasteiger partial charge in [0.15, 0.2) is 11.5 Å². The quantitative estimate of drug-likeness (QED) is 0.207. The van der Waals surface area contributed by atoms with Crippen LogP contribution in [0, 0.1) is 6.92 Å². The molecule has 2 aromatic heterocycles. The van der Waals surface area contributed by atoms with E-state index in [1.165, 1.54) is 4.57 Å². The maximum absolute atomic E-state index is 13.0. The molecule has 232 valence electrons. The molecule has 11 nitrogen and oxygen atoms in total. The van der Waals surface area contributed by atoms with Gasteiger partial charge < -0.3 is 30.6 Å². The number of nitrogens with zero attached hydrogens (tertiary/aromatic N) is 3. The van der Waals surface area contributed by atoms with E-state index in [1.807, 2.05) is 37.3 Å². The number of fused-ring (bicyclic) bond motifs is 1. The van der Waals surface area contributed by atoms with E-state index >= 15 is 0 Å². The van der Waals surface area contributed by atoms with E-state index in [2.05, 4.69) is 34.4 Å². The minimum absolute atomic E-state index is 0.268. The van der Waals surface area contributed by atoms with Gasteiger partial charge in [-0.25, -0.2) is 9.78 Å². The highest BCUT2D eigenvalue weighted by atomic mass is 16.5. The zero-order valence-electron chi connectivity index (χ0n) is 25.6. The molecule has 3 heterocycles. The fourth-order valence-corrected chi connectivity index (χ4v) is 5.64. The number of aryl methyl sites for hydroxylation is 1. The predicted octanol–water partition coefficient (Wildman–Crippen LogP) is 4.91. The number of aromatic nitrogens is 2. The van der Waals surface area contributed by atoms with Crippen molar-refractivity contribution in [2.24, 2.45) is 5.73 Å². The Balaban J connectivity index is 1.29. The number of carbonyl (C=O) groups excluding carboxylic acids is 2. The monoisotopic (exact) mass is 600 g/mol. The Kier molecular flexibility index (Phi) is 9.78. The summed E-state index contributed by atoms with van der Waals surface area (Å²) in [5, 5.41) is 7.18. The van der Waals surface area contributed by atoms with Crippen molar-refractivity contribution in [3.05, 3.63) is 77.6 Å². The van der Waals surface area contributed by atoms with E-state index < -0.39 is 6.03 Å². The molecule has 4 N–H and O–H groups in total. The van der Waals surface area contributed by atoms with Crippen LogP contribution in [0.3, 0.4) is 0 Å². The van der Waals surface area contributed by atoms with Crippen molar-refractivity contribution < 1.29 is 23.8 Å². The van der Waals surface area contributed by atoms with E-state index in [9.17, 15) is 9.59 Å². The minimum atomic E-state index is -0.584. The Morgan fingerprint density at radius 1 is 1.02 bits per heavy atom. The average molecular weight is 601 g/mol. The highest BCUT2D eigenvalue weighted by Gasteiger charge is 2.21. The zero-order valence-corrected chi connectivity index (χ0v) is 25.6. The molecule has 1 fully saturated rings. The fourth-order valence-electron chi connectivity index (χ4n) is 5.64. The van der Waals surface area contributed by atoms with Gasteiger partial charge in [0.1, 0.15) is 18.2 Å². The minimum Gasteiger partial charge on any atom is -0.487 e. The summed E-state index contributed by atoms with van der Waals surface area (Å²) in [6.45, 7) is 12.2. The number of pyridine rings is 1. The van der Waals surface area contributed by atoms with Gasteiger partial charge in [-0.05, 0) is 63.6 Å². The van der Waals surface area contributed by atoms with Crippen LogP contribution in [0.2, 0.25) is 0 Å². The second kappa shape index (κ2) is 13.9. The Bertz CT molecular complexity index is 1610. The molecule has 4 aromatic rings. The van der Waals surface area contributed by atoms with Crippen molar-refractivity contribution in [3.63, 3.8) is 0 Å². The molecule has 0 radical (unpaired) electrons. The van der Waals surface area contributed by atoms with Crippen molar-refractivity contribution in [1.29, 1.82) is 0 Å². The van der Waals surface area contributed by atoms with Crippen molar-refractivity contribution in [1.82, 2.24) is 19.8 Å². The molecule has 1 saturated heterocycles. The predicted molar refractivity (Wildman–Crippen MR) is 170 cm³/mol. The largest absolute Gasteiger partial charge is 0.487 e. The summed E-state index contributed by atoms with van der Waals surface area (Å²) < 4.78 is 19.0. The molecule has 2 aromatic carbocycles. The van der Waals surface area contributed by atoms with E-state index in [1.54, 1.807) is 37.4 Å². The first kappa shape index (κ1) is 31.0. The van der Waals surface area contributed by atoms with Gasteiger partial charge >= 0.3 is 6.03 Å². The first-order valence-electron chi connectivity index (χ1n) is 14.9. The molecule has 0 bridgehead atoms. The Morgan fingerprint density at radius 2 is 1.77 bits per heavy atom. The number of amides is 2. The van der Waals surface area contributed by atoms with E-state index in [4.69, 9.17) is 19.9 Å². The molecule has 11 heteroatoms. The molecule has 0 aliphatic carbocycles. The number of benzene rings is 2. The molecule has 1 aliphatic rings. The van der Waals surface area contributed by atoms with Gasteiger partial charge in [-0.1, -0.05) is 12.1 Å². The number of primary amides is 1. The summed E-state index contributed by atoms with van der Waals surface area (Å²) in [5.41, 5.74) is 8.62. The fraction of sp³-hybridized carbons (Fsp3) is 0.364. The molecule has 5 rings (SSSR count). The Labute approximate surface area is 257 Å². The van der Waals surface area contributed by atoms with Crippen LogP contribution in [0.25, 0.3) is 10.9 Å². The summed E-state index contributed by atoms with van der Waals surface area (Å²) in [7, 11) is 0.